The Labute approximate surface area is 137 Å². The third-order valence-electron chi connectivity index (χ3n) is 3.37. The van der Waals surface area contributed by atoms with Crippen molar-refractivity contribution in [3.8, 4) is 0 Å². The quantitative estimate of drug-likeness (QED) is 0.583. The van der Waals surface area contributed by atoms with Crippen LogP contribution in [0.15, 0.2) is 56.7 Å². The van der Waals surface area contributed by atoms with Crippen molar-refractivity contribution in [2.24, 2.45) is 0 Å². The summed E-state index contributed by atoms with van der Waals surface area (Å²) in [7, 11) is -3.58. The lowest BCUT2D eigenvalue weighted by atomic mass is 10.2. The van der Waals surface area contributed by atoms with Gasteiger partial charge >= 0.3 is 0 Å². The second kappa shape index (κ2) is 5.14. The van der Waals surface area contributed by atoms with Crippen molar-refractivity contribution >= 4 is 43.4 Å². The van der Waals surface area contributed by atoms with E-state index in [1.165, 1.54) is 0 Å². The third kappa shape index (κ3) is 2.48. The number of furan rings is 1. The van der Waals surface area contributed by atoms with Gasteiger partial charge in [0.25, 0.3) is 0 Å². The van der Waals surface area contributed by atoms with Crippen LogP contribution in [0.5, 0.6) is 0 Å². The van der Waals surface area contributed by atoms with E-state index in [9.17, 15) is 8.42 Å². The molecule has 5 heteroatoms. The van der Waals surface area contributed by atoms with Crippen LogP contribution < -0.4 is 0 Å². The summed E-state index contributed by atoms with van der Waals surface area (Å²) in [6, 6.07) is 12.4. The lowest BCUT2D eigenvalue weighted by Gasteiger charge is -2.04. The Hall–Kier alpha value is -1.34. The van der Waals surface area contributed by atoms with Crippen LogP contribution in [0.2, 0.25) is 0 Å². The molecule has 0 aliphatic rings. The molecular weight excluding hydrogens is 399 g/mol. The Morgan fingerprint density at radius 1 is 1.00 bits per heavy atom. The molecule has 0 radical (unpaired) electrons. The lowest BCUT2D eigenvalue weighted by molar-refractivity contribution is 0.557. The fraction of sp³-hybridized carbons (Fsp3) is 0.125. The van der Waals surface area contributed by atoms with E-state index in [-0.39, 0.29) is 9.79 Å². The van der Waals surface area contributed by atoms with Gasteiger partial charge in [0.2, 0.25) is 9.84 Å². The molecule has 0 aliphatic carbocycles. The summed E-state index contributed by atoms with van der Waals surface area (Å²) in [5, 5.41) is 0.639. The standard InChI is InChI=1S/C16H13IO3S/c1-10-3-6-13(7-4-10)21(18,19)16-11(2)20-15-8-5-12(17)9-14(15)16/h3-9H,1-2H3. The van der Waals surface area contributed by atoms with Gasteiger partial charge in [-0.25, -0.2) is 8.42 Å². The Kier molecular flexibility index (Phi) is 3.57. The molecule has 2 aromatic carbocycles. The average Bonchev–Trinajstić information content (AvgIpc) is 2.75. The van der Waals surface area contributed by atoms with Crippen LogP contribution in [0.4, 0.5) is 0 Å². The zero-order chi connectivity index (χ0) is 15.2. The van der Waals surface area contributed by atoms with Crippen molar-refractivity contribution in [2.75, 3.05) is 0 Å². The molecule has 0 bridgehead atoms. The zero-order valence-corrected chi connectivity index (χ0v) is 14.5. The Bertz CT molecular complexity index is 922. The predicted octanol–water partition coefficient (Wildman–Crippen LogP) is 4.49. The summed E-state index contributed by atoms with van der Waals surface area (Å²) >= 11 is 2.16. The first-order chi connectivity index (χ1) is 9.89. The molecule has 0 aliphatic heterocycles. The SMILES string of the molecule is Cc1ccc(S(=O)(=O)c2c(C)oc3ccc(I)cc23)cc1. The topological polar surface area (TPSA) is 47.3 Å². The minimum atomic E-state index is -3.58. The monoisotopic (exact) mass is 412 g/mol. The van der Waals surface area contributed by atoms with E-state index in [1.807, 2.05) is 19.1 Å². The van der Waals surface area contributed by atoms with Crippen molar-refractivity contribution in [2.45, 2.75) is 23.6 Å². The molecular formula is C16H13IO3S. The molecule has 0 amide bonds. The molecule has 0 N–H and O–H groups in total. The van der Waals surface area contributed by atoms with Crippen molar-refractivity contribution < 1.29 is 12.8 Å². The summed E-state index contributed by atoms with van der Waals surface area (Å²) in [5.74, 6) is 0.424. The Morgan fingerprint density at radius 3 is 2.33 bits per heavy atom. The number of hydrogen-bond donors (Lipinski definition) is 0. The van der Waals surface area contributed by atoms with E-state index in [0.717, 1.165) is 9.13 Å². The van der Waals surface area contributed by atoms with Crippen LogP contribution in [0, 0.1) is 17.4 Å². The first-order valence-electron chi connectivity index (χ1n) is 6.40. The maximum atomic E-state index is 12.9. The molecule has 0 atom stereocenters. The van der Waals surface area contributed by atoms with E-state index in [4.69, 9.17) is 4.42 Å². The number of benzene rings is 2. The van der Waals surface area contributed by atoms with Crippen molar-refractivity contribution in [1.82, 2.24) is 0 Å². The van der Waals surface area contributed by atoms with Gasteiger partial charge in [0.05, 0.1) is 4.90 Å². The average molecular weight is 412 g/mol. The first-order valence-corrected chi connectivity index (χ1v) is 8.96. The van der Waals surface area contributed by atoms with Gasteiger partial charge in [-0.05, 0) is 66.8 Å². The van der Waals surface area contributed by atoms with Crippen molar-refractivity contribution in [3.63, 3.8) is 0 Å². The number of sulfone groups is 1. The highest BCUT2D eigenvalue weighted by molar-refractivity contribution is 14.1. The highest BCUT2D eigenvalue weighted by atomic mass is 127. The van der Waals surface area contributed by atoms with E-state index in [1.54, 1.807) is 37.3 Å². The summed E-state index contributed by atoms with van der Waals surface area (Å²) in [5.41, 5.74) is 1.62. The van der Waals surface area contributed by atoms with Crippen LogP contribution in [-0.2, 0) is 9.84 Å². The Morgan fingerprint density at radius 2 is 1.67 bits per heavy atom. The van der Waals surface area contributed by atoms with Gasteiger partial charge in [-0.15, -0.1) is 0 Å². The minimum absolute atomic E-state index is 0.264. The van der Waals surface area contributed by atoms with E-state index in [0.29, 0.717) is 16.7 Å². The molecule has 0 unspecified atom stereocenters. The molecule has 3 rings (SSSR count). The fourth-order valence-corrected chi connectivity index (χ4v) is 4.43. The van der Waals surface area contributed by atoms with Crippen molar-refractivity contribution in [1.29, 1.82) is 0 Å². The molecule has 0 fully saturated rings. The van der Waals surface area contributed by atoms with Gasteiger partial charge in [-0.2, -0.15) is 0 Å². The summed E-state index contributed by atoms with van der Waals surface area (Å²) in [6.45, 7) is 3.62. The highest BCUT2D eigenvalue weighted by Gasteiger charge is 2.26. The largest absolute Gasteiger partial charge is 0.460 e. The summed E-state index contributed by atoms with van der Waals surface area (Å²) in [4.78, 5) is 0.553. The van der Waals surface area contributed by atoms with Crippen LogP contribution in [-0.4, -0.2) is 8.42 Å². The molecule has 21 heavy (non-hydrogen) atoms. The summed E-state index contributed by atoms with van der Waals surface area (Å²) < 4.78 is 32.4. The molecule has 0 saturated carbocycles. The van der Waals surface area contributed by atoms with Gasteiger partial charge in [0, 0.05) is 8.96 Å². The van der Waals surface area contributed by atoms with Crippen LogP contribution in [0.25, 0.3) is 11.0 Å². The number of fused-ring (bicyclic) bond motifs is 1. The number of hydrogen-bond acceptors (Lipinski definition) is 3. The van der Waals surface area contributed by atoms with Gasteiger partial charge in [0.1, 0.15) is 16.2 Å². The highest BCUT2D eigenvalue weighted by Crippen LogP contribution is 2.34. The normalized spacial score (nSPS) is 12.0. The van der Waals surface area contributed by atoms with Crippen LogP contribution >= 0.6 is 22.6 Å². The van der Waals surface area contributed by atoms with Gasteiger partial charge in [-0.3, -0.25) is 0 Å². The molecule has 3 nitrogen and oxygen atoms in total. The molecule has 3 aromatic rings. The third-order valence-corrected chi connectivity index (χ3v) is 5.98. The fourth-order valence-electron chi connectivity index (χ4n) is 2.34. The smallest absolute Gasteiger partial charge is 0.210 e. The molecule has 1 heterocycles. The molecule has 0 saturated heterocycles. The predicted molar refractivity (Wildman–Crippen MR) is 90.3 cm³/mol. The maximum absolute atomic E-state index is 12.9. The van der Waals surface area contributed by atoms with E-state index < -0.39 is 9.84 Å². The maximum Gasteiger partial charge on any atom is 0.210 e. The Balaban J connectivity index is 2.30. The van der Waals surface area contributed by atoms with Crippen molar-refractivity contribution in [3.05, 3.63) is 57.4 Å². The first kappa shape index (κ1) is 14.6. The second-order valence-corrected chi connectivity index (χ2v) is 8.08. The minimum Gasteiger partial charge on any atom is -0.460 e. The molecule has 108 valence electrons. The van der Waals surface area contributed by atoms with Gasteiger partial charge < -0.3 is 4.42 Å². The van der Waals surface area contributed by atoms with Gasteiger partial charge in [-0.1, -0.05) is 17.7 Å². The number of aryl methyl sites for hydroxylation is 2. The van der Waals surface area contributed by atoms with Crippen LogP contribution in [0.3, 0.4) is 0 Å². The van der Waals surface area contributed by atoms with Gasteiger partial charge in [0.15, 0.2) is 0 Å². The molecule has 0 spiro atoms. The number of halogens is 1. The number of rotatable bonds is 2. The lowest BCUT2D eigenvalue weighted by Crippen LogP contribution is -2.02. The summed E-state index contributed by atoms with van der Waals surface area (Å²) in [6.07, 6.45) is 0. The van der Waals surface area contributed by atoms with E-state index in [2.05, 4.69) is 22.6 Å². The van der Waals surface area contributed by atoms with E-state index >= 15 is 0 Å². The van der Waals surface area contributed by atoms with Crippen LogP contribution in [0.1, 0.15) is 11.3 Å². The zero-order valence-electron chi connectivity index (χ0n) is 11.6. The second-order valence-electron chi connectivity index (χ2n) is 4.94. The molecule has 1 aromatic heterocycles.